The first kappa shape index (κ1) is 15.1. The van der Waals surface area contributed by atoms with Crippen molar-refractivity contribution < 1.29 is 9.53 Å². The number of nitrogens with zero attached hydrogens (tertiary/aromatic N) is 2. The monoisotopic (exact) mass is 326 g/mol. The van der Waals surface area contributed by atoms with Crippen molar-refractivity contribution in [3.63, 3.8) is 0 Å². The Hall–Kier alpha value is -2.50. The molecule has 126 valence electrons. The van der Waals surface area contributed by atoms with Crippen LogP contribution in [-0.2, 0) is 6.42 Å². The van der Waals surface area contributed by atoms with Crippen LogP contribution in [0.25, 0.3) is 0 Å². The highest BCUT2D eigenvalue weighted by Crippen LogP contribution is 2.28. The molecular weight excluding hydrogens is 304 g/mol. The number of piperidine rings is 1. The van der Waals surface area contributed by atoms with Gasteiger partial charge in [-0.2, -0.15) is 5.10 Å². The van der Waals surface area contributed by atoms with Gasteiger partial charge in [-0.1, -0.05) is 18.2 Å². The summed E-state index contributed by atoms with van der Waals surface area (Å²) < 4.78 is 5.88. The van der Waals surface area contributed by atoms with E-state index >= 15 is 0 Å². The first-order valence-electron chi connectivity index (χ1n) is 8.55. The number of benzene rings is 1. The number of amides is 2. The van der Waals surface area contributed by atoms with Crippen molar-refractivity contribution in [2.75, 3.05) is 19.6 Å². The third-order valence-electron chi connectivity index (χ3n) is 4.89. The fraction of sp³-hybridized carbons (Fsp3) is 0.444. The molecule has 6 heteroatoms. The normalized spacial score (nSPS) is 22.8. The molecule has 0 spiro atoms. The molecule has 24 heavy (non-hydrogen) atoms. The van der Waals surface area contributed by atoms with E-state index < -0.39 is 0 Å². The summed E-state index contributed by atoms with van der Waals surface area (Å²) in [7, 11) is 0. The van der Waals surface area contributed by atoms with Crippen LogP contribution in [0.2, 0.25) is 0 Å². The fourth-order valence-corrected chi connectivity index (χ4v) is 3.60. The molecule has 0 saturated carbocycles. The number of H-pyrrole nitrogens is 1. The Bertz CT molecular complexity index is 676. The number of carbonyl (C=O) groups excluding carboxylic acids is 1. The lowest BCUT2D eigenvalue weighted by Gasteiger charge is -2.32. The number of likely N-dealkylation sites (tertiary alicyclic amines) is 1. The molecule has 0 bridgehead atoms. The molecule has 0 aliphatic carbocycles. The summed E-state index contributed by atoms with van der Waals surface area (Å²) in [5.74, 6) is 1.31. The van der Waals surface area contributed by atoms with Crippen LogP contribution < -0.4 is 10.1 Å². The molecule has 2 aliphatic heterocycles. The number of urea groups is 1. The molecule has 1 aromatic heterocycles. The Morgan fingerprint density at radius 2 is 2.33 bits per heavy atom. The van der Waals surface area contributed by atoms with Gasteiger partial charge in [0.15, 0.2) is 0 Å². The van der Waals surface area contributed by atoms with Crippen LogP contribution in [0.1, 0.15) is 29.9 Å². The van der Waals surface area contributed by atoms with Gasteiger partial charge >= 0.3 is 6.03 Å². The second kappa shape index (κ2) is 6.55. The van der Waals surface area contributed by atoms with Gasteiger partial charge in [-0.25, -0.2) is 4.79 Å². The number of nitrogens with one attached hydrogen (secondary N) is 2. The van der Waals surface area contributed by atoms with Gasteiger partial charge in [0.05, 0.1) is 12.7 Å². The number of hydrogen-bond donors (Lipinski definition) is 2. The average molecular weight is 326 g/mol. The van der Waals surface area contributed by atoms with Crippen molar-refractivity contribution in [2.24, 2.45) is 0 Å². The van der Waals surface area contributed by atoms with E-state index in [1.54, 1.807) is 0 Å². The summed E-state index contributed by atoms with van der Waals surface area (Å²) in [6, 6.07) is 8.06. The van der Waals surface area contributed by atoms with Crippen molar-refractivity contribution in [1.82, 2.24) is 20.4 Å². The van der Waals surface area contributed by atoms with E-state index in [0.29, 0.717) is 12.5 Å². The van der Waals surface area contributed by atoms with Gasteiger partial charge in [0, 0.05) is 31.6 Å². The molecule has 4 rings (SSSR count). The summed E-state index contributed by atoms with van der Waals surface area (Å²) in [5, 5.41) is 9.91. The number of para-hydroxylation sites is 1. The van der Waals surface area contributed by atoms with Crippen LogP contribution in [0.4, 0.5) is 4.79 Å². The first-order chi connectivity index (χ1) is 11.8. The molecule has 1 saturated heterocycles. The van der Waals surface area contributed by atoms with E-state index in [1.807, 2.05) is 35.5 Å². The Morgan fingerprint density at radius 3 is 3.17 bits per heavy atom. The molecule has 0 radical (unpaired) electrons. The zero-order valence-electron chi connectivity index (χ0n) is 13.6. The Labute approximate surface area is 141 Å². The summed E-state index contributed by atoms with van der Waals surface area (Å²) in [6.07, 6.45) is 6.79. The number of aromatic amines is 1. The van der Waals surface area contributed by atoms with Crippen molar-refractivity contribution in [3.8, 4) is 5.75 Å². The Balaban J connectivity index is 1.29. The second-order valence-electron chi connectivity index (χ2n) is 6.55. The predicted octanol–water partition coefficient (Wildman–Crippen LogP) is 2.30. The van der Waals surface area contributed by atoms with Crippen LogP contribution in [0.15, 0.2) is 36.7 Å². The van der Waals surface area contributed by atoms with Gasteiger partial charge in [-0.05, 0) is 30.0 Å². The molecule has 6 nitrogen and oxygen atoms in total. The summed E-state index contributed by atoms with van der Waals surface area (Å²) in [6.45, 7) is 2.10. The van der Waals surface area contributed by atoms with E-state index in [4.69, 9.17) is 4.74 Å². The van der Waals surface area contributed by atoms with E-state index in [-0.39, 0.29) is 12.1 Å². The Kier molecular flexibility index (Phi) is 4.11. The highest BCUT2D eigenvalue weighted by Gasteiger charge is 2.27. The third-order valence-corrected chi connectivity index (χ3v) is 4.89. The minimum atomic E-state index is 0.00255. The summed E-state index contributed by atoms with van der Waals surface area (Å²) in [5.41, 5.74) is 2.40. The molecule has 2 amide bonds. The van der Waals surface area contributed by atoms with E-state index in [1.165, 1.54) is 11.1 Å². The molecule has 1 fully saturated rings. The van der Waals surface area contributed by atoms with Gasteiger partial charge in [0.2, 0.25) is 0 Å². The molecule has 2 N–H and O–H groups in total. The van der Waals surface area contributed by atoms with Gasteiger partial charge < -0.3 is 15.0 Å². The topological polar surface area (TPSA) is 70.2 Å². The van der Waals surface area contributed by atoms with E-state index in [2.05, 4.69) is 21.6 Å². The SMILES string of the molecule is O=C(NC[C@H]1Cc2ccccc2O1)N1CCC[C@@H](c2cn[nH]c2)C1. The lowest BCUT2D eigenvalue weighted by Crippen LogP contribution is -2.47. The summed E-state index contributed by atoms with van der Waals surface area (Å²) >= 11 is 0. The first-order valence-corrected chi connectivity index (χ1v) is 8.55. The number of aromatic nitrogens is 2. The maximum absolute atomic E-state index is 12.5. The smallest absolute Gasteiger partial charge is 0.317 e. The van der Waals surface area contributed by atoms with Crippen LogP contribution >= 0.6 is 0 Å². The second-order valence-corrected chi connectivity index (χ2v) is 6.55. The zero-order chi connectivity index (χ0) is 16.4. The van der Waals surface area contributed by atoms with Gasteiger partial charge in [0.1, 0.15) is 11.9 Å². The maximum Gasteiger partial charge on any atom is 0.317 e. The average Bonchev–Trinajstić information content (AvgIpc) is 3.29. The molecule has 2 aromatic rings. The van der Waals surface area contributed by atoms with Crippen molar-refractivity contribution in [2.45, 2.75) is 31.3 Å². The van der Waals surface area contributed by atoms with Gasteiger partial charge in [-0.3, -0.25) is 5.10 Å². The number of hydrogen-bond acceptors (Lipinski definition) is 3. The van der Waals surface area contributed by atoms with Crippen LogP contribution in [0.5, 0.6) is 5.75 Å². The van der Waals surface area contributed by atoms with Crippen molar-refractivity contribution in [1.29, 1.82) is 0 Å². The molecule has 2 atom stereocenters. The molecule has 0 unspecified atom stereocenters. The maximum atomic E-state index is 12.5. The Morgan fingerprint density at radius 1 is 1.42 bits per heavy atom. The molecule has 1 aromatic carbocycles. The largest absolute Gasteiger partial charge is 0.488 e. The number of ether oxygens (including phenoxy) is 1. The fourth-order valence-electron chi connectivity index (χ4n) is 3.60. The minimum absolute atomic E-state index is 0.00255. The van der Waals surface area contributed by atoms with Crippen LogP contribution in [0.3, 0.4) is 0 Å². The summed E-state index contributed by atoms with van der Waals surface area (Å²) in [4.78, 5) is 14.4. The van der Waals surface area contributed by atoms with E-state index in [0.717, 1.165) is 38.1 Å². The third kappa shape index (κ3) is 3.09. The molecular formula is C18H22N4O2. The van der Waals surface area contributed by atoms with Crippen molar-refractivity contribution in [3.05, 3.63) is 47.8 Å². The standard InChI is InChI=1S/C18H22N4O2/c23-18(19-11-16-8-13-4-1-2-6-17(13)24-16)22-7-3-5-14(12-22)15-9-20-21-10-15/h1-2,4,6,9-10,14,16H,3,5,7-8,11-12H2,(H,19,23)(H,20,21)/t14-,16-/m1/s1. The molecule has 2 aliphatic rings. The highest BCUT2D eigenvalue weighted by molar-refractivity contribution is 5.74. The van der Waals surface area contributed by atoms with E-state index in [9.17, 15) is 4.79 Å². The molecule has 3 heterocycles. The number of fused-ring (bicyclic) bond motifs is 1. The van der Waals surface area contributed by atoms with Crippen molar-refractivity contribution >= 4 is 6.03 Å². The lowest BCUT2D eigenvalue weighted by molar-refractivity contribution is 0.170. The van der Waals surface area contributed by atoms with Crippen LogP contribution in [0, 0.1) is 0 Å². The minimum Gasteiger partial charge on any atom is -0.488 e. The predicted molar refractivity (Wildman–Crippen MR) is 90.1 cm³/mol. The number of rotatable bonds is 3. The van der Waals surface area contributed by atoms with Crippen LogP contribution in [-0.4, -0.2) is 46.9 Å². The zero-order valence-corrected chi connectivity index (χ0v) is 13.6. The quantitative estimate of drug-likeness (QED) is 0.909. The number of carbonyl (C=O) groups is 1. The lowest BCUT2D eigenvalue weighted by atomic mass is 9.93. The van der Waals surface area contributed by atoms with Gasteiger partial charge in [0.25, 0.3) is 0 Å². The van der Waals surface area contributed by atoms with Gasteiger partial charge in [-0.15, -0.1) is 0 Å². The highest BCUT2D eigenvalue weighted by atomic mass is 16.5.